The molecule has 0 aromatic heterocycles. The van der Waals surface area contributed by atoms with Crippen molar-refractivity contribution in [3.63, 3.8) is 0 Å². The highest BCUT2D eigenvalue weighted by Crippen LogP contribution is 2.24. The summed E-state index contributed by atoms with van der Waals surface area (Å²) in [6.07, 6.45) is 0. The number of ether oxygens (including phenoxy) is 1. The van der Waals surface area contributed by atoms with E-state index in [1.54, 1.807) is 20.8 Å². The van der Waals surface area contributed by atoms with E-state index in [2.05, 4.69) is 10.0 Å². The molecule has 35 heavy (non-hydrogen) atoms. The van der Waals surface area contributed by atoms with Gasteiger partial charge in [-0.2, -0.15) is 0 Å². The molecule has 0 aliphatic heterocycles. The lowest BCUT2D eigenvalue weighted by atomic mass is 10.1. The fourth-order valence-corrected chi connectivity index (χ4v) is 4.07. The molecule has 3 rings (SSSR count). The Balaban J connectivity index is 1.77. The van der Waals surface area contributed by atoms with Crippen LogP contribution < -0.4 is 10.0 Å². The first-order valence-electron chi connectivity index (χ1n) is 10.4. The maximum atomic E-state index is 12.9. The molecule has 11 heteroatoms. The first-order valence-corrected chi connectivity index (χ1v) is 11.9. The molecule has 0 heterocycles. The van der Waals surface area contributed by atoms with Crippen molar-refractivity contribution in [3.8, 4) is 0 Å². The Morgan fingerprint density at radius 1 is 0.914 bits per heavy atom. The molecule has 3 aromatic carbocycles. The van der Waals surface area contributed by atoms with E-state index in [4.69, 9.17) is 4.74 Å². The summed E-state index contributed by atoms with van der Waals surface area (Å²) in [5.41, 5.74) is -0.518. The predicted octanol–water partition coefficient (Wildman–Crippen LogP) is 4.60. The summed E-state index contributed by atoms with van der Waals surface area (Å²) in [7, 11) is -4.08. The van der Waals surface area contributed by atoms with Crippen LogP contribution in [0.15, 0.2) is 77.7 Å². The monoisotopic (exact) mass is 497 g/mol. The largest absolute Gasteiger partial charge is 0.456 e. The van der Waals surface area contributed by atoms with Crippen LogP contribution in [-0.4, -0.2) is 30.8 Å². The zero-order valence-corrected chi connectivity index (χ0v) is 20.0. The number of hydrogen-bond donors (Lipinski definition) is 2. The predicted molar refractivity (Wildman–Crippen MR) is 130 cm³/mol. The van der Waals surface area contributed by atoms with E-state index < -0.39 is 32.4 Å². The number of anilines is 2. The Labute approximate surface area is 202 Å². The second-order valence-corrected chi connectivity index (χ2v) is 10.1. The third kappa shape index (κ3) is 6.64. The number of nitrogens with one attached hydrogen (secondary N) is 2. The van der Waals surface area contributed by atoms with Crippen LogP contribution in [0.25, 0.3) is 0 Å². The number of sulfonamides is 1. The van der Waals surface area contributed by atoms with Gasteiger partial charge in [-0.05, 0) is 69.3 Å². The molecular formula is C24H23N3O7S. The number of nitro benzene ring substituents is 1. The van der Waals surface area contributed by atoms with Crippen molar-refractivity contribution in [1.82, 2.24) is 0 Å². The Hall–Kier alpha value is -4.25. The van der Waals surface area contributed by atoms with Crippen molar-refractivity contribution in [2.45, 2.75) is 31.3 Å². The van der Waals surface area contributed by atoms with Crippen LogP contribution in [0.5, 0.6) is 0 Å². The average Bonchev–Trinajstić information content (AvgIpc) is 2.78. The fraction of sp³-hybridized carbons (Fsp3) is 0.167. The van der Waals surface area contributed by atoms with Crippen LogP contribution in [0.3, 0.4) is 0 Å². The molecule has 1 amide bonds. The molecule has 0 saturated heterocycles. The van der Waals surface area contributed by atoms with Gasteiger partial charge in [0.1, 0.15) is 11.3 Å². The van der Waals surface area contributed by atoms with Gasteiger partial charge >= 0.3 is 5.97 Å². The highest BCUT2D eigenvalue weighted by atomic mass is 32.2. The third-order valence-corrected chi connectivity index (χ3v) is 5.91. The molecule has 0 aliphatic carbocycles. The first-order chi connectivity index (χ1) is 16.4. The first kappa shape index (κ1) is 25.4. The number of amides is 1. The minimum absolute atomic E-state index is 0.00806. The van der Waals surface area contributed by atoms with E-state index in [0.717, 1.165) is 6.07 Å². The van der Waals surface area contributed by atoms with Gasteiger partial charge in [0.25, 0.3) is 21.6 Å². The molecular weight excluding hydrogens is 474 g/mol. The highest BCUT2D eigenvalue weighted by Gasteiger charge is 2.20. The number of carbonyl (C=O) groups is 2. The maximum absolute atomic E-state index is 12.9. The Morgan fingerprint density at radius 2 is 1.57 bits per heavy atom. The summed E-state index contributed by atoms with van der Waals surface area (Å²) in [5.74, 6) is -1.25. The van der Waals surface area contributed by atoms with E-state index in [9.17, 15) is 28.1 Å². The number of esters is 1. The summed E-state index contributed by atoms with van der Waals surface area (Å²) in [4.78, 5) is 35.1. The third-order valence-electron chi connectivity index (χ3n) is 4.53. The summed E-state index contributed by atoms with van der Waals surface area (Å²) in [6.45, 7) is 5.22. The lowest BCUT2D eigenvalue weighted by Gasteiger charge is -2.19. The molecule has 0 atom stereocenters. The minimum atomic E-state index is -4.08. The second-order valence-electron chi connectivity index (χ2n) is 8.44. The van der Waals surface area contributed by atoms with Crippen LogP contribution in [0.1, 0.15) is 41.5 Å². The number of hydrogen-bond acceptors (Lipinski definition) is 7. The zero-order valence-electron chi connectivity index (χ0n) is 19.1. The van der Waals surface area contributed by atoms with Gasteiger partial charge < -0.3 is 10.1 Å². The second kappa shape index (κ2) is 9.94. The molecule has 0 fully saturated rings. The molecule has 3 aromatic rings. The number of nitrogens with zero attached hydrogens (tertiary/aromatic N) is 1. The highest BCUT2D eigenvalue weighted by molar-refractivity contribution is 7.92. The molecule has 0 radical (unpaired) electrons. The van der Waals surface area contributed by atoms with Gasteiger partial charge in [0, 0.05) is 17.3 Å². The summed E-state index contributed by atoms with van der Waals surface area (Å²) < 4.78 is 33.4. The topological polar surface area (TPSA) is 145 Å². The van der Waals surface area contributed by atoms with Gasteiger partial charge in [0.05, 0.1) is 15.4 Å². The van der Waals surface area contributed by atoms with E-state index in [1.807, 2.05) is 0 Å². The molecule has 182 valence electrons. The zero-order chi connectivity index (χ0) is 25.8. The lowest BCUT2D eigenvalue weighted by Crippen LogP contribution is -2.23. The van der Waals surface area contributed by atoms with Crippen LogP contribution >= 0.6 is 0 Å². The van der Waals surface area contributed by atoms with Crippen LogP contribution in [0.4, 0.5) is 17.1 Å². The number of para-hydroxylation sites is 2. The normalized spacial score (nSPS) is 11.4. The molecule has 0 aliphatic rings. The standard InChI is InChI=1S/C24H23N3O7S/c1-24(2,3)34-23(29)16-11-13-18(14-12-16)26-35(32,33)19-8-6-7-17(15-19)22(28)25-20-9-4-5-10-21(20)27(30)31/h4-15,26H,1-3H3,(H,25,28). The van der Waals surface area contributed by atoms with Crippen molar-refractivity contribution in [2.75, 3.05) is 10.0 Å². The van der Waals surface area contributed by atoms with Gasteiger partial charge in [-0.15, -0.1) is 0 Å². The Bertz CT molecular complexity index is 1380. The van der Waals surface area contributed by atoms with Gasteiger partial charge in [-0.3, -0.25) is 19.6 Å². The molecule has 0 spiro atoms. The number of benzene rings is 3. The van der Waals surface area contributed by atoms with Crippen LogP contribution in [-0.2, 0) is 14.8 Å². The number of carbonyl (C=O) groups excluding carboxylic acids is 2. The molecule has 10 nitrogen and oxygen atoms in total. The molecule has 0 bridgehead atoms. The molecule has 2 N–H and O–H groups in total. The van der Waals surface area contributed by atoms with Gasteiger partial charge in [-0.1, -0.05) is 18.2 Å². The number of rotatable bonds is 7. The van der Waals surface area contributed by atoms with E-state index in [1.165, 1.54) is 66.7 Å². The number of nitro groups is 1. The summed E-state index contributed by atoms with van der Waals surface area (Å²) in [5, 5.41) is 13.6. The van der Waals surface area contributed by atoms with Crippen molar-refractivity contribution in [1.29, 1.82) is 0 Å². The molecule has 0 saturated carbocycles. The van der Waals surface area contributed by atoms with Gasteiger partial charge in [0.15, 0.2) is 0 Å². The maximum Gasteiger partial charge on any atom is 0.338 e. The van der Waals surface area contributed by atoms with E-state index in [0.29, 0.717) is 0 Å². The fourth-order valence-electron chi connectivity index (χ4n) is 2.96. The summed E-state index contributed by atoms with van der Waals surface area (Å²) >= 11 is 0. The Morgan fingerprint density at radius 3 is 2.20 bits per heavy atom. The van der Waals surface area contributed by atoms with Crippen molar-refractivity contribution >= 4 is 39.0 Å². The van der Waals surface area contributed by atoms with E-state index in [-0.39, 0.29) is 33.1 Å². The van der Waals surface area contributed by atoms with Crippen LogP contribution in [0, 0.1) is 10.1 Å². The van der Waals surface area contributed by atoms with Crippen molar-refractivity contribution in [2.24, 2.45) is 0 Å². The Kier molecular flexibility index (Phi) is 7.20. The van der Waals surface area contributed by atoms with Gasteiger partial charge in [-0.25, -0.2) is 13.2 Å². The average molecular weight is 498 g/mol. The van der Waals surface area contributed by atoms with E-state index >= 15 is 0 Å². The summed E-state index contributed by atoms with van der Waals surface area (Å²) in [6, 6.07) is 16.5. The van der Waals surface area contributed by atoms with Crippen molar-refractivity contribution < 1.29 is 27.7 Å². The minimum Gasteiger partial charge on any atom is -0.456 e. The smallest absolute Gasteiger partial charge is 0.338 e. The van der Waals surface area contributed by atoms with Crippen molar-refractivity contribution in [3.05, 3.63) is 94.0 Å². The molecule has 0 unspecified atom stereocenters. The quantitative estimate of drug-likeness (QED) is 0.276. The van der Waals surface area contributed by atoms with Crippen LogP contribution in [0.2, 0.25) is 0 Å². The lowest BCUT2D eigenvalue weighted by molar-refractivity contribution is -0.383. The van der Waals surface area contributed by atoms with Gasteiger partial charge in [0.2, 0.25) is 0 Å². The SMILES string of the molecule is CC(C)(C)OC(=O)c1ccc(NS(=O)(=O)c2cccc(C(=O)Nc3ccccc3[N+](=O)[O-])c2)cc1.